The fraction of sp³-hybridized carbons (Fsp3) is 0.278. The zero-order valence-corrected chi connectivity index (χ0v) is 16.8. The van der Waals surface area contributed by atoms with Gasteiger partial charge in [0.15, 0.2) is 11.5 Å². The van der Waals surface area contributed by atoms with E-state index in [0.717, 1.165) is 6.07 Å². The van der Waals surface area contributed by atoms with Crippen LogP contribution in [0.15, 0.2) is 46.4 Å². The van der Waals surface area contributed by atoms with E-state index in [9.17, 15) is 23.6 Å². The third-order valence-corrected chi connectivity index (χ3v) is 6.34. The molecule has 0 radical (unpaired) electrons. The lowest BCUT2D eigenvalue weighted by Gasteiger charge is -2.26. The first-order valence-corrected chi connectivity index (χ1v) is 10.3. The summed E-state index contributed by atoms with van der Waals surface area (Å²) in [7, 11) is -2.61. The number of aromatic hydroxyl groups is 1. The lowest BCUT2D eigenvalue weighted by atomic mass is 10.2. The Morgan fingerprint density at radius 1 is 1.30 bits per heavy atom. The maximum Gasteiger partial charge on any atom is 0.270 e. The van der Waals surface area contributed by atoms with Crippen LogP contribution in [0.4, 0.5) is 11.4 Å². The normalized spacial score (nSPS) is 15.2. The average molecular weight is 436 g/mol. The molecule has 2 aromatic carbocycles. The number of morpholine rings is 1. The number of non-ortho nitro benzene ring substituents is 1. The molecule has 0 amide bonds. The summed E-state index contributed by atoms with van der Waals surface area (Å²) >= 11 is 0. The third-order valence-electron chi connectivity index (χ3n) is 4.40. The van der Waals surface area contributed by atoms with Crippen LogP contribution >= 0.6 is 0 Å². The Bertz CT molecular complexity index is 1070. The predicted octanol–water partition coefficient (Wildman–Crippen LogP) is 1.78. The van der Waals surface area contributed by atoms with Crippen LogP contribution in [-0.4, -0.2) is 62.4 Å². The van der Waals surface area contributed by atoms with Gasteiger partial charge in [-0.25, -0.2) is 8.42 Å². The molecular formula is C18H20N4O7S. The summed E-state index contributed by atoms with van der Waals surface area (Å²) in [5.74, 6) is 0.125. The molecule has 3 rings (SSSR count). The highest BCUT2D eigenvalue weighted by molar-refractivity contribution is 7.89. The van der Waals surface area contributed by atoms with Crippen LogP contribution in [0, 0.1) is 10.1 Å². The number of phenols is 1. The number of para-hydroxylation sites is 1. The lowest BCUT2D eigenvalue weighted by molar-refractivity contribution is -0.385. The molecule has 12 heteroatoms. The largest absolute Gasteiger partial charge is 0.504 e. The second kappa shape index (κ2) is 9.07. The van der Waals surface area contributed by atoms with E-state index in [2.05, 4.69) is 10.5 Å². The molecule has 11 nitrogen and oxygen atoms in total. The number of rotatable bonds is 7. The van der Waals surface area contributed by atoms with Crippen LogP contribution in [0.25, 0.3) is 0 Å². The van der Waals surface area contributed by atoms with Crippen molar-refractivity contribution in [3.05, 3.63) is 52.1 Å². The molecule has 2 aromatic rings. The number of anilines is 1. The average Bonchev–Trinajstić information content (AvgIpc) is 2.75. The SMILES string of the molecule is COc1cccc(C=NNc2ccc([N+](=O)[O-])cc2S(=O)(=O)N2CCOCC2)c1O. The monoisotopic (exact) mass is 436 g/mol. The Labute approximate surface area is 172 Å². The van der Waals surface area contributed by atoms with Gasteiger partial charge in [0.05, 0.1) is 37.1 Å². The van der Waals surface area contributed by atoms with E-state index in [4.69, 9.17) is 9.47 Å². The lowest BCUT2D eigenvalue weighted by Crippen LogP contribution is -2.40. The molecule has 1 saturated heterocycles. The molecule has 0 aliphatic carbocycles. The molecule has 0 aromatic heterocycles. The number of nitrogens with zero attached hydrogens (tertiary/aromatic N) is 3. The number of hydrogen-bond donors (Lipinski definition) is 2. The third kappa shape index (κ3) is 4.50. The number of sulfonamides is 1. The topological polar surface area (TPSA) is 144 Å². The molecule has 0 atom stereocenters. The molecule has 2 N–H and O–H groups in total. The van der Waals surface area contributed by atoms with E-state index in [1.165, 1.54) is 29.8 Å². The fourth-order valence-electron chi connectivity index (χ4n) is 2.84. The van der Waals surface area contributed by atoms with Crippen molar-refractivity contribution in [3.8, 4) is 11.5 Å². The smallest absolute Gasteiger partial charge is 0.270 e. The molecule has 0 spiro atoms. The van der Waals surface area contributed by atoms with Crippen molar-refractivity contribution in [2.24, 2.45) is 5.10 Å². The molecule has 1 aliphatic heterocycles. The number of hydrogen-bond acceptors (Lipinski definition) is 9. The maximum atomic E-state index is 13.1. The maximum absolute atomic E-state index is 13.1. The molecule has 1 aliphatic rings. The standard InChI is InChI=1S/C18H20N4O7S/c1-28-16-4-2-3-13(18(16)23)12-19-20-15-6-5-14(22(24)25)11-17(15)30(26,27)21-7-9-29-10-8-21/h2-6,11-12,20,23H,7-10H2,1H3. The zero-order chi connectivity index (χ0) is 21.7. The summed E-state index contributed by atoms with van der Waals surface area (Å²) in [6.45, 7) is 0.769. The number of ether oxygens (including phenoxy) is 2. The van der Waals surface area contributed by atoms with Gasteiger partial charge in [-0.3, -0.25) is 15.5 Å². The van der Waals surface area contributed by atoms with Gasteiger partial charge in [-0.15, -0.1) is 0 Å². The van der Waals surface area contributed by atoms with Gasteiger partial charge in [0.25, 0.3) is 5.69 Å². The molecule has 1 fully saturated rings. The number of nitro benzene ring substituents is 1. The summed E-state index contributed by atoms with van der Waals surface area (Å²) in [5.41, 5.74) is 2.63. The van der Waals surface area contributed by atoms with Gasteiger partial charge < -0.3 is 14.6 Å². The number of nitro groups is 1. The second-order valence-electron chi connectivity index (χ2n) is 6.22. The quantitative estimate of drug-likeness (QED) is 0.380. The highest BCUT2D eigenvalue weighted by Gasteiger charge is 2.30. The van der Waals surface area contributed by atoms with Crippen LogP contribution in [0.2, 0.25) is 0 Å². The van der Waals surface area contributed by atoms with Gasteiger partial charge in [0, 0.05) is 30.8 Å². The van der Waals surface area contributed by atoms with E-state index in [-0.39, 0.29) is 54.1 Å². The summed E-state index contributed by atoms with van der Waals surface area (Å²) in [6, 6.07) is 8.26. The van der Waals surface area contributed by atoms with E-state index in [1.54, 1.807) is 18.2 Å². The predicted molar refractivity (Wildman–Crippen MR) is 109 cm³/mol. The van der Waals surface area contributed by atoms with E-state index in [1.807, 2.05) is 0 Å². The van der Waals surface area contributed by atoms with Gasteiger partial charge in [-0.05, 0) is 18.2 Å². The number of hydrazone groups is 1. The Morgan fingerprint density at radius 3 is 2.70 bits per heavy atom. The molecule has 160 valence electrons. The van der Waals surface area contributed by atoms with Gasteiger partial charge in [0.2, 0.25) is 10.0 Å². The molecule has 30 heavy (non-hydrogen) atoms. The van der Waals surface area contributed by atoms with E-state index >= 15 is 0 Å². The first kappa shape index (κ1) is 21.5. The molecule has 0 unspecified atom stereocenters. The fourth-order valence-corrected chi connectivity index (χ4v) is 4.41. The summed E-state index contributed by atoms with van der Waals surface area (Å²) in [4.78, 5) is 10.2. The highest BCUT2D eigenvalue weighted by Crippen LogP contribution is 2.30. The first-order chi connectivity index (χ1) is 14.3. The van der Waals surface area contributed by atoms with Crippen LogP contribution < -0.4 is 10.2 Å². The van der Waals surface area contributed by atoms with E-state index < -0.39 is 14.9 Å². The molecule has 1 heterocycles. The van der Waals surface area contributed by atoms with Crippen molar-refractivity contribution in [2.45, 2.75) is 4.90 Å². The van der Waals surface area contributed by atoms with Crippen molar-refractivity contribution in [1.29, 1.82) is 0 Å². The second-order valence-corrected chi connectivity index (χ2v) is 8.13. The summed E-state index contributed by atoms with van der Waals surface area (Å²) in [6.07, 6.45) is 1.28. The van der Waals surface area contributed by atoms with Gasteiger partial charge in [0.1, 0.15) is 4.90 Å². The molecule has 0 saturated carbocycles. The Balaban J connectivity index is 1.94. The number of phenolic OH excluding ortho intramolecular Hbond substituents is 1. The first-order valence-electron chi connectivity index (χ1n) is 8.86. The van der Waals surface area contributed by atoms with Crippen molar-refractivity contribution < 1.29 is 27.9 Å². The minimum Gasteiger partial charge on any atom is -0.504 e. The van der Waals surface area contributed by atoms with Crippen LogP contribution in [-0.2, 0) is 14.8 Å². The van der Waals surface area contributed by atoms with Crippen molar-refractivity contribution in [1.82, 2.24) is 4.31 Å². The van der Waals surface area contributed by atoms with Gasteiger partial charge in [-0.1, -0.05) is 6.07 Å². The summed E-state index contributed by atoms with van der Waals surface area (Å²) < 4.78 is 37.5. The van der Waals surface area contributed by atoms with Gasteiger partial charge >= 0.3 is 0 Å². The Morgan fingerprint density at radius 2 is 2.03 bits per heavy atom. The minimum atomic E-state index is -4.02. The van der Waals surface area contributed by atoms with Crippen molar-refractivity contribution in [2.75, 3.05) is 38.8 Å². The number of benzene rings is 2. The van der Waals surface area contributed by atoms with Crippen molar-refractivity contribution >= 4 is 27.6 Å². The van der Waals surface area contributed by atoms with Crippen LogP contribution in [0.3, 0.4) is 0 Å². The van der Waals surface area contributed by atoms with Crippen LogP contribution in [0.1, 0.15) is 5.56 Å². The van der Waals surface area contributed by atoms with Crippen molar-refractivity contribution in [3.63, 3.8) is 0 Å². The Kier molecular flexibility index (Phi) is 6.50. The molecule has 0 bridgehead atoms. The van der Waals surface area contributed by atoms with Crippen LogP contribution in [0.5, 0.6) is 11.5 Å². The minimum absolute atomic E-state index is 0.0609. The van der Waals surface area contributed by atoms with E-state index in [0.29, 0.717) is 5.56 Å². The Hall–Kier alpha value is -3.22. The zero-order valence-electron chi connectivity index (χ0n) is 16.0. The number of nitrogens with one attached hydrogen (secondary N) is 1. The number of methoxy groups -OCH3 is 1. The molecular weight excluding hydrogens is 416 g/mol. The summed E-state index contributed by atoms with van der Waals surface area (Å²) in [5, 5.41) is 25.2. The highest BCUT2D eigenvalue weighted by atomic mass is 32.2. The van der Waals surface area contributed by atoms with Gasteiger partial charge in [-0.2, -0.15) is 9.41 Å².